The van der Waals surface area contributed by atoms with Gasteiger partial charge in [0.05, 0.1) is 18.3 Å². The van der Waals surface area contributed by atoms with Gasteiger partial charge >= 0.3 is 0 Å². The highest BCUT2D eigenvalue weighted by Crippen LogP contribution is 2.29. The Kier molecular flexibility index (Phi) is 3.14. The zero-order valence-electron chi connectivity index (χ0n) is 9.43. The molecule has 1 aliphatic rings. The Hall–Kier alpha value is -1.82. The Morgan fingerprint density at radius 2 is 2.35 bits per heavy atom. The van der Waals surface area contributed by atoms with Crippen molar-refractivity contribution in [2.45, 2.75) is 12.5 Å². The van der Waals surface area contributed by atoms with E-state index in [9.17, 15) is 9.60 Å². The molecule has 0 fully saturated rings. The SMILES string of the molecule is CN(O)c1ccc(F)c(C2CCOC(N)=N2)c1. The maximum absolute atomic E-state index is 13.7. The molecular formula is C11H14FN3O2. The lowest BCUT2D eigenvalue weighted by molar-refractivity contribution is 0.254. The Bertz CT molecular complexity index is 448. The topological polar surface area (TPSA) is 71.1 Å². The van der Waals surface area contributed by atoms with Gasteiger partial charge in [-0.25, -0.2) is 9.38 Å². The molecule has 1 heterocycles. The molecule has 1 atom stereocenters. The second-order valence-corrected chi connectivity index (χ2v) is 3.85. The first kappa shape index (κ1) is 11.7. The quantitative estimate of drug-likeness (QED) is 0.766. The van der Waals surface area contributed by atoms with Gasteiger partial charge in [-0.1, -0.05) is 0 Å². The zero-order chi connectivity index (χ0) is 12.4. The molecule has 0 bridgehead atoms. The molecule has 1 aromatic rings. The van der Waals surface area contributed by atoms with Crippen LogP contribution in [0.4, 0.5) is 10.1 Å². The number of hydroxylamine groups is 1. The molecule has 0 spiro atoms. The van der Waals surface area contributed by atoms with Crippen LogP contribution in [0.5, 0.6) is 0 Å². The molecule has 0 aromatic heterocycles. The van der Waals surface area contributed by atoms with Gasteiger partial charge in [0.1, 0.15) is 5.82 Å². The standard InChI is InChI=1S/C11H14FN3O2/c1-15(16)7-2-3-9(12)8(6-7)10-4-5-17-11(13)14-10/h2-3,6,10,16H,4-5H2,1H3,(H2,13,14). The highest BCUT2D eigenvalue weighted by atomic mass is 19.1. The van der Waals surface area contributed by atoms with E-state index in [0.29, 0.717) is 24.3 Å². The van der Waals surface area contributed by atoms with Crippen molar-refractivity contribution >= 4 is 11.7 Å². The minimum absolute atomic E-state index is 0.0726. The average molecular weight is 239 g/mol. The van der Waals surface area contributed by atoms with Gasteiger partial charge in [-0.15, -0.1) is 0 Å². The summed E-state index contributed by atoms with van der Waals surface area (Å²) in [5.41, 5.74) is 6.37. The van der Waals surface area contributed by atoms with Crippen LogP contribution >= 0.6 is 0 Å². The molecule has 0 saturated heterocycles. The lowest BCUT2D eigenvalue weighted by Gasteiger charge is -2.21. The molecule has 0 radical (unpaired) electrons. The molecule has 2 rings (SSSR count). The third kappa shape index (κ3) is 2.47. The van der Waals surface area contributed by atoms with E-state index >= 15 is 0 Å². The fourth-order valence-corrected chi connectivity index (χ4v) is 1.74. The fraction of sp³-hybridized carbons (Fsp3) is 0.364. The summed E-state index contributed by atoms with van der Waals surface area (Å²) in [6.45, 7) is 0.415. The third-order valence-corrected chi connectivity index (χ3v) is 2.64. The predicted molar refractivity (Wildman–Crippen MR) is 61.5 cm³/mol. The predicted octanol–water partition coefficient (Wildman–Crippen LogP) is 1.43. The molecule has 0 aliphatic carbocycles. The van der Waals surface area contributed by atoms with E-state index in [-0.39, 0.29) is 17.9 Å². The number of benzene rings is 1. The second kappa shape index (κ2) is 4.58. The third-order valence-electron chi connectivity index (χ3n) is 2.64. The molecule has 1 unspecified atom stereocenters. The number of anilines is 1. The van der Waals surface area contributed by atoms with E-state index in [1.807, 2.05) is 0 Å². The summed E-state index contributed by atoms with van der Waals surface area (Å²) in [5.74, 6) is -0.362. The van der Waals surface area contributed by atoms with E-state index in [2.05, 4.69) is 4.99 Å². The van der Waals surface area contributed by atoms with Crippen LogP contribution in [0, 0.1) is 5.82 Å². The van der Waals surface area contributed by atoms with Crippen molar-refractivity contribution in [3.8, 4) is 0 Å². The van der Waals surface area contributed by atoms with E-state index in [1.54, 1.807) is 6.07 Å². The number of amidine groups is 1. The number of hydrogen-bond acceptors (Lipinski definition) is 5. The number of ether oxygens (including phenoxy) is 1. The van der Waals surface area contributed by atoms with Crippen molar-refractivity contribution in [3.63, 3.8) is 0 Å². The van der Waals surface area contributed by atoms with Crippen molar-refractivity contribution in [1.82, 2.24) is 0 Å². The van der Waals surface area contributed by atoms with Crippen LogP contribution in [0.3, 0.4) is 0 Å². The number of nitrogens with two attached hydrogens (primary N) is 1. The highest BCUT2D eigenvalue weighted by molar-refractivity contribution is 5.72. The monoisotopic (exact) mass is 239 g/mol. The molecule has 6 heteroatoms. The van der Waals surface area contributed by atoms with Crippen LogP contribution in [0.1, 0.15) is 18.0 Å². The Labute approximate surface area is 98.3 Å². The van der Waals surface area contributed by atoms with E-state index in [1.165, 1.54) is 19.2 Å². The first-order valence-corrected chi connectivity index (χ1v) is 5.26. The molecule has 3 N–H and O–H groups in total. The summed E-state index contributed by atoms with van der Waals surface area (Å²) >= 11 is 0. The van der Waals surface area contributed by atoms with Gasteiger partial charge in [-0.05, 0) is 18.2 Å². The molecule has 0 amide bonds. The summed E-state index contributed by atoms with van der Waals surface area (Å²) in [6, 6.07) is 4.07. The Morgan fingerprint density at radius 1 is 1.59 bits per heavy atom. The van der Waals surface area contributed by atoms with Crippen LogP contribution in [-0.2, 0) is 4.74 Å². The maximum atomic E-state index is 13.7. The second-order valence-electron chi connectivity index (χ2n) is 3.85. The summed E-state index contributed by atoms with van der Waals surface area (Å²) in [4.78, 5) is 4.05. The summed E-state index contributed by atoms with van der Waals surface area (Å²) in [5, 5.41) is 10.2. The largest absolute Gasteiger partial charge is 0.465 e. The van der Waals surface area contributed by atoms with Gasteiger partial charge < -0.3 is 10.5 Å². The van der Waals surface area contributed by atoms with Crippen molar-refractivity contribution in [2.24, 2.45) is 10.7 Å². The highest BCUT2D eigenvalue weighted by Gasteiger charge is 2.20. The molecule has 1 aromatic carbocycles. The maximum Gasteiger partial charge on any atom is 0.282 e. The van der Waals surface area contributed by atoms with E-state index < -0.39 is 0 Å². The lowest BCUT2D eigenvalue weighted by atomic mass is 10.0. The number of hydrogen-bond donors (Lipinski definition) is 2. The molecule has 1 aliphatic heterocycles. The van der Waals surface area contributed by atoms with Gasteiger partial charge in [0.2, 0.25) is 0 Å². The first-order valence-electron chi connectivity index (χ1n) is 5.26. The minimum Gasteiger partial charge on any atom is -0.465 e. The van der Waals surface area contributed by atoms with Crippen molar-refractivity contribution < 1.29 is 14.3 Å². The van der Waals surface area contributed by atoms with Crippen LogP contribution in [0.15, 0.2) is 23.2 Å². The average Bonchev–Trinajstić information content (AvgIpc) is 2.29. The summed E-state index contributed by atoms with van der Waals surface area (Å²) in [7, 11) is 1.47. The molecule has 17 heavy (non-hydrogen) atoms. The van der Waals surface area contributed by atoms with Crippen LogP contribution in [-0.4, -0.2) is 24.9 Å². The van der Waals surface area contributed by atoms with Crippen LogP contribution < -0.4 is 10.8 Å². The van der Waals surface area contributed by atoms with E-state index in [4.69, 9.17) is 10.5 Å². The molecule has 0 saturated carbocycles. The van der Waals surface area contributed by atoms with Gasteiger partial charge in [0, 0.05) is 19.0 Å². The van der Waals surface area contributed by atoms with Gasteiger partial charge in [-0.2, -0.15) is 0 Å². The van der Waals surface area contributed by atoms with Crippen LogP contribution in [0.25, 0.3) is 0 Å². The van der Waals surface area contributed by atoms with Crippen molar-refractivity contribution in [1.29, 1.82) is 0 Å². The lowest BCUT2D eigenvalue weighted by Crippen LogP contribution is -2.24. The summed E-state index contributed by atoms with van der Waals surface area (Å²) < 4.78 is 18.7. The fourth-order valence-electron chi connectivity index (χ4n) is 1.74. The molecular weight excluding hydrogens is 225 g/mol. The smallest absolute Gasteiger partial charge is 0.282 e. The van der Waals surface area contributed by atoms with E-state index in [0.717, 1.165) is 5.06 Å². The van der Waals surface area contributed by atoms with Crippen molar-refractivity contribution in [3.05, 3.63) is 29.6 Å². The number of nitrogens with zero attached hydrogens (tertiary/aromatic N) is 2. The number of halogens is 1. The first-order chi connectivity index (χ1) is 8.08. The van der Waals surface area contributed by atoms with Gasteiger partial charge in [-0.3, -0.25) is 10.3 Å². The number of aliphatic imine (C=N–C) groups is 1. The Balaban J connectivity index is 2.36. The molecule has 5 nitrogen and oxygen atoms in total. The van der Waals surface area contributed by atoms with Gasteiger partial charge in [0.25, 0.3) is 6.02 Å². The van der Waals surface area contributed by atoms with Crippen LogP contribution in [0.2, 0.25) is 0 Å². The molecule has 92 valence electrons. The van der Waals surface area contributed by atoms with Gasteiger partial charge in [0.15, 0.2) is 0 Å². The number of rotatable bonds is 2. The summed E-state index contributed by atoms with van der Waals surface area (Å²) in [6.07, 6.45) is 0.566. The Morgan fingerprint density at radius 3 is 3.00 bits per heavy atom. The normalized spacial score (nSPS) is 19.5. The zero-order valence-corrected chi connectivity index (χ0v) is 9.43. The minimum atomic E-state index is -0.362. The van der Waals surface area contributed by atoms with Crippen molar-refractivity contribution in [2.75, 3.05) is 18.7 Å².